The molecule has 0 amide bonds. The first-order chi connectivity index (χ1) is 12.9. The van der Waals surface area contributed by atoms with Crippen LogP contribution in [0.15, 0.2) is 18.6 Å². The van der Waals surface area contributed by atoms with E-state index >= 15 is 0 Å². The predicted octanol–water partition coefficient (Wildman–Crippen LogP) is 0.869. The number of sulfonamides is 1. The number of fused-ring (bicyclic) bond motifs is 1. The van der Waals surface area contributed by atoms with Gasteiger partial charge in [0.25, 0.3) is 0 Å². The number of H-pyrrole nitrogens is 1. The second-order valence-electron chi connectivity index (χ2n) is 7.44. The van der Waals surface area contributed by atoms with E-state index in [2.05, 4.69) is 25.9 Å². The number of rotatable bonds is 6. The van der Waals surface area contributed by atoms with Crippen LogP contribution in [0.3, 0.4) is 0 Å². The number of aromatic nitrogens is 3. The summed E-state index contributed by atoms with van der Waals surface area (Å²) >= 11 is 0. The van der Waals surface area contributed by atoms with Crippen molar-refractivity contribution in [2.45, 2.75) is 36.9 Å². The maximum Gasteiger partial charge on any atom is 0.212 e. The van der Waals surface area contributed by atoms with E-state index in [1.165, 1.54) is 16.9 Å². The number of hydrogen-bond donors (Lipinski definition) is 1. The Labute approximate surface area is 158 Å². The average Bonchev–Trinajstić information content (AvgIpc) is 3.01. The van der Waals surface area contributed by atoms with Gasteiger partial charge in [-0.3, -0.25) is 0 Å². The van der Waals surface area contributed by atoms with Crippen molar-refractivity contribution in [1.29, 1.82) is 5.26 Å². The molecule has 1 aliphatic carbocycles. The number of nitrogens with one attached hydrogen (secondary N) is 1. The topological polar surface area (TPSA) is 115 Å². The van der Waals surface area contributed by atoms with Gasteiger partial charge in [-0.25, -0.2) is 18.4 Å². The molecule has 9 nitrogen and oxygen atoms in total. The fraction of sp³-hybridized carbons (Fsp3) is 0.588. The van der Waals surface area contributed by atoms with Gasteiger partial charge >= 0.3 is 0 Å². The minimum absolute atomic E-state index is 0.131. The Hall–Kier alpha value is -2.22. The van der Waals surface area contributed by atoms with E-state index in [0.29, 0.717) is 12.8 Å². The van der Waals surface area contributed by atoms with Gasteiger partial charge in [-0.15, -0.1) is 0 Å². The van der Waals surface area contributed by atoms with Crippen molar-refractivity contribution in [2.24, 2.45) is 0 Å². The molecule has 1 N–H and O–H groups in total. The Bertz CT molecular complexity index is 988. The standard InChI is InChI=1S/C17H22N6O3S/c1-22(16-14-3-6-19-15(14)20-11-21-16)12-7-13(8-12)23(27(2,24)25)17(4-5-18)9-26-10-17/h3,6,11-13H,4,7-10H2,1-2H3,(H,19,20,21)/t12-,13+. The van der Waals surface area contributed by atoms with Crippen molar-refractivity contribution < 1.29 is 13.2 Å². The Morgan fingerprint density at radius 1 is 1.37 bits per heavy atom. The molecule has 0 aromatic carbocycles. The molecule has 27 heavy (non-hydrogen) atoms. The van der Waals surface area contributed by atoms with Crippen molar-refractivity contribution >= 4 is 26.9 Å². The Balaban J connectivity index is 1.53. The zero-order valence-electron chi connectivity index (χ0n) is 15.3. The molecule has 2 aromatic rings. The highest BCUT2D eigenvalue weighted by Gasteiger charge is 2.54. The molecule has 1 aliphatic heterocycles. The molecule has 2 aliphatic rings. The van der Waals surface area contributed by atoms with E-state index in [9.17, 15) is 13.7 Å². The summed E-state index contributed by atoms with van der Waals surface area (Å²) < 4.78 is 31.8. The summed E-state index contributed by atoms with van der Waals surface area (Å²) in [6.45, 7) is 0.557. The maximum atomic E-state index is 12.5. The van der Waals surface area contributed by atoms with Crippen LogP contribution in [0.4, 0.5) is 5.82 Å². The highest BCUT2D eigenvalue weighted by molar-refractivity contribution is 7.88. The minimum atomic E-state index is -3.45. The molecule has 0 bridgehead atoms. The molecule has 10 heteroatoms. The van der Waals surface area contributed by atoms with Crippen LogP contribution in [0.2, 0.25) is 0 Å². The molecule has 2 fully saturated rings. The van der Waals surface area contributed by atoms with Gasteiger partial charge in [-0.05, 0) is 18.9 Å². The Morgan fingerprint density at radius 2 is 2.11 bits per heavy atom. The highest BCUT2D eigenvalue weighted by Crippen LogP contribution is 2.41. The van der Waals surface area contributed by atoms with Crippen molar-refractivity contribution in [3.05, 3.63) is 18.6 Å². The van der Waals surface area contributed by atoms with Crippen LogP contribution in [0.5, 0.6) is 0 Å². The molecule has 4 rings (SSSR count). The smallest absolute Gasteiger partial charge is 0.212 e. The summed E-state index contributed by atoms with van der Waals surface area (Å²) in [4.78, 5) is 13.8. The van der Waals surface area contributed by atoms with Crippen LogP contribution < -0.4 is 4.90 Å². The van der Waals surface area contributed by atoms with Crippen LogP contribution in [-0.4, -0.2) is 71.8 Å². The lowest BCUT2D eigenvalue weighted by Gasteiger charge is -2.54. The van der Waals surface area contributed by atoms with E-state index < -0.39 is 15.6 Å². The highest BCUT2D eigenvalue weighted by atomic mass is 32.2. The lowest BCUT2D eigenvalue weighted by molar-refractivity contribution is -0.126. The summed E-state index contributed by atoms with van der Waals surface area (Å²) in [6.07, 6.45) is 6.09. The summed E-state index contributed by atoms with van der Waals surface area (Å²) in [5.74, 6) is 0.828. The van der Waals surface area contributed by atoms with E-state index in [-0.39, 0.29) is 31.7 Å². The fourth-order valence-electron chi connectivity index (χ4n) is 4.18. The van der Waals surface area contributed by atoms with Crippen molar-refractivity contribution in [2.75, 3.05) is 31.4 Å². The van der Waals surface area contributed by atoms with Gasteiger partial charge in [-0.2, -0.15) is 9.57 Å². The first kappa shape index (κ1) is 18.2. The molecular formula is C17H22N6O3S. The maximum absolute atomic E-state index is 12.5. The molecule has 0 radical (unpaired) electrons. The number of nitrogens with zero attached hydrogens (tertiary/aromatic N) is 5. The van der Waals surface area contributed by atoms with Crippen molar-refractivity contribution in [3.63, 3.8) is 0 Å². The first-order valence-electron chi connectivity index (χ1n) is 8.81. The summed E-state index contributed by atoms with van der Waals surface area (Å²) in [5.41, 5.74) is 0.0550. The number of nitriles is 1. The fourth-order valence-corrected chi connectivity index (χ4v) is 5.77. The van der Waals surface area contributed by atoms with Gasteiger partial charge in [0, 0.05) is 25.3 Å². The Morgan fingerprint density at radius 3 is 2.70 bits per heavy atom. The third-order valence-electron chi connectivity index (χ3n) is 5.61. The molecule has 3 heterocycles. The number of aromatic amines is 1. The van der Waals surface area contributed by atoms with Crippen molar-refractivity contribution in [1.82, 2.24) is 19.3 Å². The van der Waals surface area contributed by atoms with Gasteiger partial charge in [-0.1, -0.05) is 0 Å². The largest absolute Gasteiger partial charge is 0.377 e. The summed E-state index contributed by atoms with van der Waals surface area (Å²) in [7, 11) is -1.48. The second-order valence-corrected chi connectivity index (χ2v) is 9.30. The Kier molecular flexibility index (Phi) is 4.33. The second kappa shape index (κ2) is 6.44. The molecule has 0 unspecified atom stereocenters. The van der Waals surface area contributed by atoms with E-state index in [1.807, 2.05) is 19.3 Å². The van der Waals surface area contributed by atoms with Crippen LogP contribution in [0.25, 0.3) is 11.0 Å². The summed E-state index contributed by atoms with van der Waals surface area (Å²) in [6, 6.07) is 4.11. The van der Waals surface area contributed by atoms with Gasteiger partial charge in [0.05, 0.1) is 42.9 Å². The number of anilines is 1. The summed E-state index contributed by atoms with van der Waals surface area (Å²) in [5, 5.41) is 10.1. The van der Waals surface area contributed by atoms with Gasteiger partial charge in [0.15, 0.2) is 0 Å². The van der Waals surface area contributed by atoms with Crippen LogP contribution in [-0.2, 0) is 14.8 Å². The van der Waals surface area contributed by atoms with Gasteiger partial charge < -0.3 is 14.6 Å². The van der Waals surface area contributed by atoms with Gasteiger partial charge in [0.2, 0.25) is 10.0 Å². The predicted molar refractivity (Wildman–Crippen MR) is 99.6 cm³/mol. The monoisotopic (exact) mass is 390 g/mol. The van der Waals surface area contributed by atoms with E-state index in [1.54, 1.807) is 0 Å². The molecule has 0 spiro atoms. The molecule has 144 valence electrons. The molecule has 2 aromatic heterocycles. The lowest BCUT2D eigenvalue weighted by Crippen LogP contribution is -2.69. The molecule has 0 atom stereocenters. The van der Waals surface area contributed by atoms with E-state index in [0.717, 1.165) is 16.9 Å². The van der Waals surface area contributed by atoms with E-state index in [4.69, 9.17) is 4.74 Å². The number of hydrogen-bond acceptors (Lipinski definition) is 7. The minimum Gasteiger partial charge on any atom is -0.377 e. The quantitative estimate of drug-likeness (QED) is 0.778. The first-order valence-corrected chi connectivity index (χ1v) is 10.7. The SMILES string of the molecule is CN(c1ncnc2[nH]ccc12)[C@H]1C[C@@H](N(C2(CC#N)COC2)S(C)(=O)=O)C1. The number of ether oxygens (including phenoxy) is 1. The molecule has 1 saturated heterocycles. The van der Waals surface area contributed by atoms with Crippen LogP contribution >= 0.6 is 0 Å². The molecule has 1 saturated carbocycles. The van der Waals surface area contributed by atoms with Crippen LogP contribution in [0.1, 0.15) is 19.3 Å². The lowest BCUT2D eigenvalue weighted by atomic mass is 9.81. The van der Waals surface area contributed by atoms with Gasteiger partial charge in [0.1, 0.15) is 17.8 Å². The zero-order valence-corrected chi connectivity index (χ0v) is 16.1. The van der Waals surface area contributed by atoms with Crippen molar-refractivity contribution in [3.8, 4) is 6.07 Å². The molecular weight excluding hydrogens is 368 g/mol. The van der Waals surface area contributed by atoms with Crippen LogP contribution in [0, 0.1) is 11.3 Å². The third-order valence-corrected chi connectivity index (χ3v) is 7.01. The zero-order chi connectivity index (χ0) is 19.2. The normalized spacial score (nSPS) is 24.2. The average molecular weight is 390 g/mol. The third kappa shape index (κ3) is 2.96.